The van der Waals surface area contributed by atoms with Gasteiger partial charge >= 0.3 is 0 Å². The molecule has 6 nitrogen and oxygen atoms in total. The maximum atomic E-state index is 13.1. The maximum absolute atomic E-state index is 13.1. The molecule has 1 atom stereocenters. The molecule has 1 saturated heterocycles. The Bertz CT molecular complexity index is 703. The number of rotatable bonds is 5. The van der Waals surface area contributed by atoms with E-state index in [-0.39, 0.29) is 22.6 Å². The van der Waals surface area contributed by atoms with Gasteiger partial charge in [0.1, 0.15) is 10.6 Å². The summed E-state index contributed by atoms with van der Waals surface area (Å²) in [6, 6.07) is 4.54. The summed E-state index contributed by atoms with van der Waals surface area (Å²) in [6.07, 6.45) is 2.73. The quantitative estimate of drug-likeness (QED) is 0.814. The summed E-state index contributed by atoms with van der Waals surface area (Å²) in [7, 11) is -0.579. The summed E-state index contributed by atoms with van der Waals surface area (Å²) in [5.41, 5.74) is 0.350. The lowest BCUT2D eigenvalue weighted by molar-refractivity contribution is 0.0802. The van der Waals surface area contributed by atoms with Crippen molar-refractivity contribution < 1.29 is 17.9 Å². The van der Waals surface area contributed by atoms with E-state index in [2.05, 4.69) is 0 Å². The average molecular weight is 354 g/mol. The van der Waals surface area contributed by atoms with Crippen LogP contribution in [0.2, 0.25) is 0 Å². The number of carbonyl (C=O) groups is 1. The van der Waals surface area contributed by atoms with Crippen molar-refractivity contribution in [3.63, 3.8) is 0 Å². The number of hydrogen-bond acceptors (Lipinski definition) is 4. The number of ether oxygens (including phenoxy) is 1. The number of sulfonamides is 1. The molecule has 1 aliphatic heterocycles. The highest BCUT2D eigenvalue weighted by Gasteiger charge is 2.33. The van der Waals surface area contributed by atoms with Crippen LogP contribution in [-0.2, 0) is 10.0 Å². The van der Waals surface area contributed by atoms with E-state index < -0.39 is 10.0 Å². The molecule has 2 rings (SSSR count). The van der Waals surface area contributed by atoms with E-state index in [0.717, 1.165) is 19.3 Å². The van der Waals surface area contributed by atoms with Crippen LogP contribution in [0.5, 0.6) is 5.75 Å². The molecule has 7 heteroatoms. The fourth-order valence-electron chi connectivity index (χ4n) is 2.93. The van der Waals surface area contributed by atoms with Gasteiger partial charge in [-0.1, -0.05) is 6.42 Å². The molecule has 0 aromatic heterocycles. The minimum absolute atomic E-state index is 0.0499. The van der Waals surface area contributed by atoms with Gasteiger partial charge in [0.25, 0.3) is 5.91 Å². The molecular weight excluding hydrogens is 328 g/mol. The number of amides is 1. The topological polar surface area (TPSA) is 66.9 Å². The smallest absolute Gasteiger partial charge is 0.253 e. The molecule has 1 fully saturated rings. The van der Waals surface area contributed by atoms with Crippen molar-refractivity contribution in [3.8, 4) is 5.75 Å². The third kappa shape index (κ3) is 3.57. The van der Waals surface area contributed by atoms with Gasteiger partial charge in [-0.15, -0.1) is 0 Å². The Morgan fingerprint density at radius 2 is 2.08 bits per heavy atom. The first-order valence-electron chi connectivity index (χ1n) is 8.28. The molecular formula is C17H26N2O4S. The van der Waals surface area contributed by atoms with Gasteiger partial charge in [-0.25, -0.2) is 8.42 Å². The first-order chi connectivity index (χ1) is 11.3. The van der Waals surface area contributed by atoms with Crippen LogP contribution >= 0.6 is 0 Å². The van der Waals surface area contributed by atoms with Gasteiger partial charge in [0, 0.05) is 31.7 Å². The molecule has 0 aliphatic carbocycles. The molecule has 134 valence electrons. The molecule has 24 heavy (non-hydrogen) atoms. The van der Waals surface area contributed by atoms with Gasteiger partial charge in [-0.3, -0.25) is 4.79 Å². The van der Waals surface area contributed by atoms with Crippen LogP contribution in [0, 0.1) is 0 Å². The molecule has 0 bridgehead atoms. The van der Waals surface area contributed by atoms with E-state index >= 15 is 0 Å². The first kappa shape index (κ1) is 18.7. The van der Waals surface area contributed by atoms with E-state index in [9.17, 15) is 13.2 Å². The second kappa shape index (κ2) is 7.53. The standard InChI is InChI=1S/C17H26N2O4S/c1-5-18(3)17(20)14-9-10-15(23-4)16(12-14)24(21,22)19-11-7-6-8-13(19)2/h9-10,12-13H,5-8,11H2,1-4H3. The summed E-state index contributed by atoms with van der Waals surface area (Å²) < 4.78 is 33.0. The molecule has 0 N–H and O–H groups in total. The second-order valence-electron chi connectivity index (χ2n) is 6.15. The number of nitrogens with zero attached hydrogens (tertiary/aromatic N) is 2. The van der Waals surface area contributed by atoms with E-state index in [0.29, 0.717) is 18.7 Å². The third-order valence-electron chi connectivity index (χ3n) is 4.56. The van der Waals surface area contributed by atoms with Gasteiger partial charge < -0.3 is 9.64 Å². The molecule has 1 heterocycles. The number of carbonyl (C=O) groups excluding carboxylic acids is 1. The van der Waals surface area contributed by atoms with Crippen molar-refractivity contribution in [3.05, 3.63) is 23.8 Å². The predicted molar refractivity (Wildman–Crippen MR) is 92.8 cm³/mol. The molecule has 1 aromatic rings. The summed E-state index contributed by atoms with van der Waals surface area (Å²) in [5.74, 6) is 0.0618. The van der Waals surface area contributed by atoms with Crippen molar-refractivity contribution in [1.82, 2.24) is 9.21 Å². The molecule has 0 radical (unpaired) electrons. The Labute approximate surface area is 144 Å². The number of hydrogen-bond donors (Lipinski definition) is 0. The lowest BCUT2D eigenvalue weighted by Crippen LogP contribution is -2.42. The monoisotopic (exact) mass is 354 g/mol. The minimum atomic E-state index is -3.70. The fourth-order valence-corrected chi connectivity index (χ4v) is 4.81. The summed E-state index contributed by atoms with van der Waals surface area (Å²) in [4.78, 5) is 14.0. The van der Waals surface area contributed by atoms with E-state index in [1.165, 1.54) is 17.5 Å². The second-order valence-corrected chi connectivity index (χ2v) is 8.00. The number of methoxy groups -OCH3 is 1. The summed E-state index contributed by atoms with van der Waals surface area (Å²) >= 11 is 0. The van der Waals surface area contributed by atoms with Crippen molar-refractivity contribution in [2.24, 2.45) is 0 Å². The van der Waals surface area contributed by atoms with E-state index in [4.69, 9.17) is 4.74 Å². The highest BCUT2D eigenvalue weighted by molar-refractivity contribution is 7.89. The number of piperidine rings is 1. The van der Waals surface area contributed by atoms with Crippen LogP contribution in [0.4, 0.5) is 0 Å². The zero-order valence-corrected chi connectivity index (χ0v) is 15.6. The highest BCUT2D eigenvalue weighted by Crippen LogP contribution is 2.31. The molecule has 1 aliphatic rings. The molecule has 1 aromatic carbocycles. The van der Waals surface area contributed by atoms with Crippen LogP contribution in [0.1, 0.15) is 43.5 Å². The third-order valence-corrected chi connectivity index (χ3v) is 6.60. The van der Waals surface area contributed by atoms with Crippen LogP contribution < -0.4 is 4.74 Å². The van der Waals surface area contributed by atoms with Gasteiger partial charge in [-0.05, 0) is 44.9 Å². The minimum Gasteiger partial charge on any atom is -0.495 e. The SMILES string of the molecule is CCN(C)C(=O)c1ccc(OC)c(S(=O)(=O)N2CCCCC2C)c1. The van der Waals surface area contributed by atoms with Crippen LogP contribution in [0.25, 0.3) is 0 Å². The van der Waals surface area contributed by atoms with Gasteiger partial charge in [0.15, 0.2) is 0 Å². The Balaban J connectivity index is 2.48. The van der Waals surface area contributed by atoms with Crippen molar-refractivity contribution >= 4 is 15.9 Å². The lowest BCUT2D eigenvalue weighted by atomic mass is 10.1. The van der Waals surface area contributed by atoms with E-state index in [1.807, 2.05) is 13.8 Å². The Morgan fingerprint density at radius 3 is 2.67 bits per heavy atom. The van der Waals surface area contributed by atoms with Gasteiger partial charge in [-0.2, -0.15) is 4.31 Å². The van der Waals surface area contributed by atoms with Crippen molar-refractivity contribution in [2.75, 3.05) is 27.2 Å². The van der Waals surface area contributed by atoms with Gasteiger partial charge in [0.2, 0.25) is 10.0 Å². The zero-order valence-electron chi connectivity index (χ0n) is 14.8. The largest absolute Gasteiger partial charge is 0.495 e. The van der Waals surface area contributed by atoms with Crippen molar-refractivity contribution in [1.29, 1.82) is 0 Å². The van der Waals surface area contributed by atoms with Gasteiger partial charge in [0.05, 0.1) is 7.11 Å². The predicted octanol–water partition coefficient (Wildman–Crippen LogP) is 2.35. The van der Waals surface area contributed by atoms with E-state index in [1.54, 1.807) is 24.1 Å². The van der Waals surface area contributed by atoms with Crippen molar-refractivity contribution in [2.45, 2.75) is 44.0 Å². The highest BCUT2D eigenvalue weighted by atomic mass is 32.2. The summed E-state index contributed by atoms with van der Waals surface area (Å²) in [5, 5.41) is 0. The molecule has 0 spiro atoms. The molecule has 0 saturated carbocycles. The maximum Gasteiger partial charge on any atom is 0.253 e. The molecule has 1 amide bonds. The Hall–Kier alpha value is -1.60. The van der Waals surface area contributed by atoms with Crippen LogP contribution in [0.15, 0.2) is 23.1 Å². The molecule has 1 unspecified atom stereocenters. The zero-order chi connectivity index (χ0) is 17.9. The Kier molecular flexibility index (Phi) is 5.87. The van der Waals surface area contributed by atoms with Crippen LogP contribution in [-0.4, -0.2) is 56.8 Å². The lowest BCUT2D eigenvalue weighted by Gasteiger charge is -2.32. The average Bonchev–Trinajstić information content (AvgIpc) is 2.60. The normalized spacial score (nSPS) is 19.1. The first-order valence-corrected chi connectivity index (χ1v) is 9.72. The Morgan fingerprint density at radius 1 is 1.38 bits per heavy atom. The number of benzene rings is 1. The van der Waals surface area contributed by atoms with Crippen LogP contribution in [0.3, 0.4) is 0 Å². The fraction of sp³-hybridized carbons (Fsp3) is 0.588. The summed E-state index contributed by atoms with van der Waals surface area (Å²) in [6.45, 7) is 4.84.